The number of benzene rings is 2. The molecular formula is C28H38N4O4. The standard InChI is InChI=1S/C28H38N4O4/c1-6-24-19(3)20(4)26(31-25(33)17-30-32-29)28(35-24)36-27(22-10-8-7-9-11-22)23-14-12-21(13-15-23)16-18(2)34-5/h7-15,18-20,24,26-28H,6,16-17H2,1-5H3,(H,31,33)/t18?,19-,20-,24?,26?,27?,28?/m0/s1. The average molecular weight is 495 g/mol. The molecule has 1 saturated heterocycles. The second-order valence-electron chi connectivity index (χ2n) is 9.57. The zero-order valence-corrected chi connectivity index (χ0v) is 21.8. The van der Waals surface area contributed by atoms with Gasteiger partial charge < -0.3 is 19.5 Å². The fourth-order valence-electron chi connectivity index (χ4n) is 4.76. The lowest BCUT2D eigenvalue weighted by atomic mass is 9.81. The zero-order valence-electron chi connectivity index (χ0n) is 21.8. The average Bonchev–Trinajstić information content (AvgIpc) is 2.90. The van der Waals surface area contributed by atoms with Gasteiger partial charge in [-0.1, -0.05) is 80.5 Å². The molecule has 7 atom stereocenters. The Morgan fingerprint density at radius 3 is 2.39 bits per heavy atom. The zero-order chi connectivity index (χ0) is 26.1. The number of ether oxygens (including phenoxy) is 3. The van der Waals surface area contributed by atoms with Crippen molar-refractivity contribution in [3.63, 3.8) is 0 Å². The van der Waals surface area contributed by atoms with Crippen molar-refractivity contribution >= 4 is 5.91 Å². The maximum Gasteiger partial charge on any atom is 0.226 e. The summed E-state index contributed by atoms with van der Waals surface area (Å²) in [6.07, 6.45) is 0.745. The Balaban J connectivity index is 1.91. The third kappa shape index (κ3) is 7.08. The van der Waals surface area contributed by atoms with E-state index < -0.39 is 12.3 Å². The molecule has 1 fully saturated rings. The minimum atomic E-state index is -0.672. The summed E-state index contributed by atoms with van der Waals surface area (Å²) >= 11 is 0. The van der Waals surface area contributed by atoms with Crippen LogP contribution in [0.15, 0.2) is 59.7 Å². The molecule has 0 bridgehead atoms. The third-order valence-electron chi connectivity index (χ3n) is 7.17. The predicted octanol–water partition coefficient (Wildman–Crippen LogP) is 5.57. The normalized spacial score (nSPS) is 25.4. The molecule has 36 heavy (non-hydrogen) atoms. The van der Waals surface area contributed by atoms with Gasteiger partial charge in [-0.15, -0.1) is 0 Å². The lowest BCUT2D eigenvalue weighted by molar-refractivity contribution is -0.248. The number of nitrogens with zero attached hydrogens (tertiary/aromatic N) is 3. The first-order valence-electron chi connectivity index (χ1n) is 12.7. The van der Waals surface area contributed by atoms with E-state index in [9.17, 15) is 4.79 Å². The quantitative estimate of drug-likeness (QED) is 0.250. The Hall–Kier alpha value is -2.90. The minimum Gasteiger partial charge on any atom is -0.381 e. The van der Waals surface area contributed by atoms with Crippen LogP contribution in [-0.2, 0) is 25.4 Å². The van der Waals surface area contributed by atoms with Gasteiger partial charge in [0, 0.05) is 12.0 Å². The Kier molecular flexibility index (Phi) is 10.3. The summed E-state index contributed by atoms with van der Waals surface area (Å²) in [5.41, 5.74) is 11.8. The fraction of sp³-hybridized carbons (Fsp3) is 0.536. The van der Waals surface area contributed by atoms with E-state index in [4.69, 9.17) is 19.7 Å². The fourth-order valence-corrected chi connectivity index (χ4v) is 4.76. The summed E-state index contributed by atoms with van der Waals surface area (Å²) < 4.78 is 18.6. The Morgan fingerprint density at radius 2 is 1.78 bits per heavy atom. The highest BCUT2D eigenvalue weighted by Crippen LogP contribution is 2.37. The van der Waals surface area contributed by atoms with Crippen molar-refractivity contribution in [3.05, 3.63) is 81.7 Å². The third-order valence-corrected chi connectivity index (χ3v) is 7.17. The van der Waals surface area contributed by atoms with Crippen molar-refractivity contribution in [2.75, 3.05) is 13.7 Å². The lowest BCUT2D eigenvalue weighted by Gasteiger charge is -2.45. The van der Waals surface area contributed by atoms with E-state index in [1.165, 1.54) is 5.56 Å². The highest BCUT2D eigenvalue weighted by Gasteiger charge is 2.43. The van der Waals surface area contributed by atoms with Crippen LogP contribution in [0.25, 0.3) is 10.4 Å². The van der Waals surface area contributed by atoms with Gasteiger partial charge in [0.2, 0.25) is 5.91 Å². The van der Waals surface area contributed by atoms with Crippen molar-refractivity contribution in [2.45, 2.75) is 71.2 Å². The lowest BCUT2D eigenvalue weighted by Crippen LogP contribution is -2.58. The van der Waals surface area contributed by atoms with Crippen LogP contribution in [0.1, 0.15) is 56.9 Å². The van der Waals surface area contributed by atoms with Gasteiger partial charge in [-0.25, -0.2) is 0 Å². The molecule has 1 aliphatic rings. The van der Waals surface area contributed by atoms with Crippen LogP contribution in [0.5, 0.6) is 0 Å². The van der Waals surface area contributed by atoms with E-state index in [-0.39, 0.29) is 42.6 Å². The summed E-state index contributed by atoms with van der Waals surface area (Å²) in [7, 11) is 1.72. The number of nitrogens with one attached hydrogen (secondary N) is 1. The van der Waals surface area contributed by atoms with Crippen molar-refractivity contribution in [1.29, 1.82) is 0 Å². The molecule has 3 rings (SSSR count). The number of carbonyl (C=O) groups excluding carboxylic acids is 1. The summed E-state index contributed by atoms with van der Waals surface area (Å²) in [5.74, 6) is -0.0354. The summed E-state index contributed by atoms with van der Waals surface area (Å²) in [5, 5.41) is 6.41. The molecule has 5 unspecified atom stereocenters. The second-order valence-corrected chi connectivity index (χ2v) is 9.57. The molecule has 1 amide bonds. The van der Waals surface area contributed by atoms with Gasteiger partial charge >= 0.3 is 0 Å². The molecule has 0 spiro atoms. The number of rotatable bonds is 11. The van der Waals surface area contributed by atoms with Crippen molar-refractivity contribution < 1.29 is 19.0 Å². The summed E-state index contributed by atoms with van der Waals surface area (Å²) in [4.78, 5) is 15.2. The smallest absolute Gasteiger partial charge is 0.226 e. The monoisotopic (exact) mass is 494 g/mol. The van der Waals surface area contributed by atoms with Gasteiger partial charge in [-0.3, -0.25) is 4.79 Å². The molecule has 0 saturated carbocycles. The second kappa shape index (κ2) is 13.4. The number of amides is 1. The Labute approximate surface area is 214 Å². The van der Waals surface area contributed by atoms with Crippen LogP contribution in [0.2, 0.25) is 0 Å². The number of carbonyl (C=O) groups is 1. The van der Waals surface area contributed by atoms with Crippen molar-refractivity contribution in [1.82, 2.24) is 5.32 Å². The van der Waals surface area contributed by atoms with Crippen LogP contribution in [0, 0.1) is 11.8 Å². The molecular weight excluding hydrogens is 456 g/mol. The Morgan fingerprint density at radius 1 is 1.11 bits per heavy atom. The highest BCUT2D eigenvalue weighted by atomic mass is 16.7. The van der Waals surface area contributed by atoms with Gasteiger partial charge in [0.05, 0.1) is 18.2 Å². The van der Waals surface area contributed by atoms with E-state index in [0.717, 1.165) is 24.0 Å². The minimum absolute atomic E-state index is 0.00427. The maximum atomic E-state index is 12.5. The topological polar surface area (TPSA) is 106 Å². The molecule has 8 nitrogen and oxygen atoms in total. The van der Waals surface area contributed by atoms with Gasteiger partial charge in [0.25, 0.3) is 0 Å². The maximum absolute atomic E-state index is 12.5. The SMILES string of the molecule is CCC1OC(OC(c2ccccc2)c2ccc(CC(C)OC)cc2)C(NC(=O)CN=[N+]=[N-])[C@@H](C)[C@@H]1C. The molecule has 194 valence electrons. The number of hydrogen-bond acceptors (Lipinski definition) is 5. The molecule has 1 N–H and O–H groups in total. The van der Waals surface area contributed by atoms with Crippen LogP contribution < -0.4 is 5.32 Å². The number of hydrogen-bond donors (Lipinski definition) is 1. The first-order chi connectivity index (χ1) is 17.4. The van der Waals surface area contributed by atoms with E-state index in [1.807, 2.05) is 37.3 Å². The van der Waals surface area contributed by atoms with Crippen LogP contribution in [0.4, 0.5) is 0 Å². The van der Waals surface area contributed by atoms with E-state index in [2.05, 4.69) is 60.4 Å². The molecule has 0 aromatic heterocycles. The predicted molar refractivity (Wildman–Crippen MR) is 139 cm³/mol. The molecule has 0 aliphatic carbocycles. The largest absolute Gasteiger partial charge is 0.381 e. The van der Waals surface area contributed by atoms with Crippen molar-refractivity contribution in [2.24, 2.45) is 17.0 Å². The highest BCUT2D eigenvalue weighted by molar-refractivity contribution is 5.78. The van der Waals surface area contributed by atoms with E-state index in [0.29, 0.717) is 0 Å². The van der Waals surface area contributed by atoms with Gasteiger partial charge in [-0.05, 0) is 53.8 Å². The summed E-state index contributed by atoms with van der Waals surface area (Å²) in [6, 6.07) is 18.0. The molecule has 1 heterocycles. The molecule has 0 radical (unpaired) electrons. The molecule has 2 aromatic carbocycles. The molecule has 1 aliphatic heterocycles. The van der Waals surface area contributed by atoms with Crippen LogP contribution in [-0.4, -0.2) is 44.1 Å². The molecule has 8 heteroatoms. The summed E-state index contributed by atoms with van der Waals surface area (Å²) in [6.45, 7) is 8.12. The van der Waals surface area contributed by atoms with E-state index in [1.54, 1.807) is 7.11 Å². The Bertz CT molecular complexity index is 1010. The van der Waals surface area contributed by atoms with Crippen LogP contribution in [0.3, 0.4) is 0 Å². The number of methoxy groups -OCH3 is 1. The van der Waals surface area contributed by atoms with Gasteiger partial charge in [0.15, 0.2) is 6.29 Å². The van der Waals surface area contributed by atoms with Crippen molar-refractivity contribution in [3.8, 4) is 0 Å². The van der Waals surface area contributed by atoms with Gasteiger partial charge in [-0.2, -0.15) is 0 Å². The number of azide groups is 1. The van der Waals surface area contributed by atoms with E-state index >= 15 is 0 Å². The van der Waals surface area contributed by atoms with Crippen LogP contribution >= 0.6 is 0 Å². The first kappa shape index (κ1) is 27.7. The molecule has 2 aromatic rings. The first-order valence-corrected chi connectivity index (χ1v) is 12.7. The van der Waals surface area contributed by atoms with Gasteiger partial charge in [0.1, 0.15) is 12.6 Å².